The van der Waals surface area contributed by atoms with Crippen molar-refractivity contribution in [2.24, 2.45) is 0 Å². The van der Waals surface area contributed by atoms with E-state index >= 15 is 0 Å². The van der Waals surface area contributed by atoms with Crippen molar-refractivity contribution in [1.29, 1.82) is 0 Å². The van der Waals surface area contributed by atoms with E-state index < -0.39 is 0 Å². The topological polar surface area (TPSA) is 41.5 Å². The molecule has 3 heteroatoms. The largest absolute Gasteiger partial charge is 0.396 e. The van der Waals surface area contributed by atoms with Gasteiger partial charge in [-0.25, -0.2) is 0 Å². The Bertz CT molecular complexity index is 374. The third kappa shape index (κ3) is 4.58. The zero-order chi connectivity index (χ0) is 14.4. The minimum absolute atomic E-state index is 0.241. The van der Waals surface area contributed by atoms with Crippen LogP contribution in [0.5, 0.6) is 0 Å². The maximum absolute atomic E-state index is 9.23. The van der Waals surface area contributed by atoms with Crippen molar-refractivity contribution in [3.63, 3.8) is 0 Å². The van der Waals surface area contributed by atoms with Gasteiger partial charge in [-0.1, -0.05) is 30.3 Å². The van der Waals surface area contributed by atoms with Crippen LogP contribution in [0, 0.1) is 0 Å². The normalized spacial score (nSPS) is 23.6. The Morgan fingerprint density at radius 1 is 1.25 bits per heavy atom. The van der Waals surface area contributed by atoms with E-state index in [9.17, 15) is 5.11 Å². The number of benzene rings is 1. The molecule has 0 amide bonds. The van der Waals surface area contributed by atoms with E-state index in [0.29, 0.717) is 24.2 Å². The Kier molecular flexibility index (Phi) is 6.02. The summed E-state index contributed by atoms with van der Waals surface area (Å²) in [5.41, 5.74) is 1.31. The molecule has 1 aliphatic carbocycles. The summed E-state index contributed by atoms with van der Waals surface area (Å²) in [6.07, 6.45) is 3.79. The van der Waals surface area contributed by atoms with E-state index in [-0.39, 0.29) is 6.61 Å². The summed E-state index contributed by atoms with van der Waals surface area (Å²) in [6, 6.07) is 11.0. The van der Waals surface area contributed by atoms with Gasteiger partial charge < -0.3 is 15.2 Å². The molecule has 0 spiro atoms. The smallest absolute Gasteiger partial charge is 0.0608 e. The molecule has 0 heterocycles. The molecule has 0 bridgehead atoms. The highest BCUT2D eigenvalue weighted by molar-refractivity contribution is 5.20. The third-order valence-corrected chi connectivity index (χ3v) is 3.96. The molecule has 1 saturated carbocycles. The van der Waals surface area contributed by atoms with Crippen molar-refractivity contribution in [3.8, 4) is 0 Å². The molecule has 2 rings (SSSR count). The molecule has 1 aromatic carbocycles. The summed E-state index contributed by atoms with van der Waals surface area (Å²) in [4.78, 5) is 0. The summed E-state index contributed by atoms with van der Waals surface area (Å²) in [7, 11) is 0. The first kappa shape index (κ1) is 15.5. The van der Waals surface area contributed by atoms with Gasteiger partial charge in [0.2, 0.25) is 0 Å². The van der Waals surface area contributed by atoms with E-state index in [4.69, 9.17) is 4.74 Å². The second-order valence-electron chi connectivity index (χ2n) is 6.00. The summed E-state index contributed by atoms with van der Waals surface area (Å²) in [5.74, 6) is 0.395. The highest BCUT2D eigenvalue weighted by atomic mass is 16.5. The molecule has 1 fully saturated rings. The number of rotatable bonds is 8. The molecule has 0 saturated heterocycles. The maximum atomic E-state index is 9.23. The van der Waals surface area contributed by atoms with Gasteiger partial charge in [0.15, 0.2) is 0 Å². The van der Waals surface area contributed by atoms with Gasteiger partial charge in [0.25, 0.3) is 0 Å². The van der Waals surface area contributed by atoms with Crippen molar-refractivity contribution >= 4 is 0 Å². The molecule has 0 unspecified atom stereocenters. The molecule has 2 N–H and O–H groups in total. The van der Waals surface area contributed by atoms with Crippen LogP contribution in [0.25, 0.3) is 0 Å². The lowest BCUT2D eigenvalue weighted by molar-refractivity contribution is -0.0499. The highest BCUT2D eigenvalue weighted by Crippen LogP contribution is 2.26. The molecule has 0 aromatic heterocycles. The molecule has 1 aromatic rings. The van der Waals surface area contributed by atoms with Crippen LogP contribution in [-0.4, -0.2) is 36.5 Å². The zero-order valence-corrected chi connectivity index (χ0v) is 12.6. The van der Waals surface area contributed by atoms with Crippen LogP contribution in [0.4, 0.5) is 0 Å². The van der Waals surface area contributed by atoms with Crippen LogP contribution >= 0.6 is 0 Å². The van der Waals surface area contributed by atoms with E-state index in [1.54, 1.807) is 0 Å². The lowest BCUT2D eigenvalue weighted by atomic mass is 9.88. The fourth-order valence-corrected chi connectivity index (χ4v) is 2.80. The lowest BCUT2D eigenvalue weighted by Gasteiger charge is -2.37. The van der Waals surface area contributed by atoms with Gasteiger partial charge in [0.05, 0.1) is 12.2 Å². The number of hydrogen-bond donors (Lipinski definition) is 2. The van der Waals surface area contributed by atoms with E-state index in [0.717, 1.165) is 25.8 Å². The third-order valence-electron chi connectivity index (χ3n) is 3.96. The number of aliphatic hydroxyl groups excluding tert-OH is 1. The standard InChI is InChI=1S/C17H27NO2/c1-13(2)20-17-10-16(11-17)18-12-15(8-9-19)14-6-4-3-5-7-14/h3-7,13,15-19H,8-12H2,1-2H3/t15-,16?,17?/m0/s1. The van der Waals surface area contributed by atoms with Crippen LogP contribution in [0.15, 0.2) is 30.3 Å². The molecule has 112 valence electrons. The molecular weight excluding hydrogens is 250 g/mol. The minimum Gasteiger partial charge on any atom is -0.396 e. The minimum atomic E-state index is 0.241. The van der Waals surface area contributed by atoms with Crippen molar-refractivity contribution in [2.75, 3.05) is 13.2 Å². The molecule has 1 atom stereocenters. The van der Waals surface area contributed by atoms with Gasteiger partial charge in [-0.2, -0.15) is 0 Å². The molecular formula is C17H27NO2. The second-order valence-corrected chi connectivity index (χ2v) is 6.00. The number of ether oxygens (including phenoxy) is 1. The Hall–Kier alpha value is -0.900. The van der Waals surface area contributed by atoms with Gasteiger partial charge in [0.1, 0.15) is 0 Å². The van der Waals surface area contributed by atoms with Crippen LogP contribution < -0.4 is 5.32 Å². The van der Waals surface area contributed by atoms with Gasteiger partial charge in [-0.15, -0.1) is 0 Å². The summed E-state index contributed by atoms with van der Waals surface area (Å²) in [5, 5.41) is 12.8. The average Bonchev–Trinajstić information content (AvgIpc) is 2.40. The van der Waals surface area contributed by atoms with Crippen LogP contribution in [0.2, 0.25) is 0 Å². The first-order valence-electron chi connectivity index (χ1n) is 7.73. The highest BCUT2D eigenvalue weighted by Gasteiger charge is 2.30. The van der Waals surface area contributed by atoms with Crippen molar-refractivity contribution in [1.82, 2.24) is 5.32 Å². The Morgan fingerprint density at radius 3 is 2.55 bits per heavy atom. The van der Waals surface area contributed by atoms with Gasteiger partial charge in [-0.05, 0) is 44.6 Å². The molecule has 0 radical (unpaired) electrons. The van der Waals surface area contributed by atoms with Gasteiger partial charge >= 0.3 is 0 Å². The first-order valence-corrected chi connectivity index (χ1v) is 7.73. The number of aliphatic hydroxyl groups is 1. The summed E-state index contributed by atoms with van der Waals surface area (Å²) < 4.78 is 5.78. The van der Waals surface area contributed by atoms with E-state index in [1.807, 2.05) is 6.07 Å². The molecule has 1 aliphatic rings. The summed E-state index contributed by atoms with van der Waals surface area (Å²) >= 11 is 0. The molecule has 3 nitrogen and oxygen atoms in total. The number of hydrogen-bond acceptors (Lipinski definition) is 3. The average molecular weight is 277 g/mol. The quantitative estimate of drug-likeness (QED) is 0.767. The predicted molar refractivity (Wildman–Crippen MR) is 81.9 cm³/mol. The van der Waals surface area contributed by atoms with Crippen molar-refractivity contribution in [3.05, 3.63) is 35.9 Å². The van der Waals surface area contributed by atoms with E-state index in [2.05, 4.69) is 43.4 Å². The summed E-state index contributed by atoms with van der Waals surface area (Å²) in [6.45, 7) is 5.36. The van der Waals surface area contributed by atoms with Crippen LogP contribution in [-0.2, 0) is 4.74 Å². The number of nitrogens with one attached hydrogen (secondary N) is 1. The van der Waals surface area contributed by atoms with Crippen LogP contribution in [0.3, 0.4) is 0 Å². The monoisotopic (exact) mass is 277 g/mol. The van der Waals surface area contributed by atoms with Crippen LogP contribution in [0.1, 0.15) is 44.6 Å². The van der Waals surface area contributed by atoms with E-state index in [1.165, 1.54) is 5.56 Å². The molecule has 20 heavy (non-hydrogen) atoms. The van der Waals surface area contributed by atoms with Gasteiger partial charge in [0, 0.05) is 19.2 Å². The molecule has 0 aliphatic heterocycles. The maximum Gasteiger partial charge on any atom is 0.0608 e. The fourth-order valence-electron chi connectivity index (χ4n) is 2.80. The predicted octanol–water partition coefficient (Wildman–Crippen LogP) is 2.70. The Morgan fingerprint density at radius 2 is 1.95 bits per heavy atom. The Labute approximate surface area is 122 Å². The second kappa shape index (κ2) is 7.77. The zero-order valence-electron chi connectivity index (χ0n) is 12.6. The fraction of sp³-hybridized carbons (Fsp3) is 0.647. The Balaban J connectivity index is 1.74. The van der Waals surface area contributed by atoms with Crippen molar-refractivity contribution in [2.45, 2.75) is 57.3 Å². The first-order chi connectivity index (χ1) is 9.69. The van der Waals surface area contributed by atoms with Gasteiger partial charge in [-0.3, -0.25) is 0 Å². The lowest BCUT2D eigenvalue weighted by Crippen LogP contribution is -2.47. The SMILES string of the molecule is CC(C)OC1CC(NC[C@H](CCO)c2ccccc2)C1. The van der Waals surface area contributed by atoms with Crippen molar-refractivity contribution < 1.29 is 9.84 Å².